The highest BCUT2D eigenvalue weighted by Gasteiger charge is 2.47. The molecule has 14 heavy (non-hydrogen) atoms. The van der Waals surface area contributed by atoms with E-state index in [2.05, 4.69) is 5.32 Å². The van der Waals surface area contributed by atoms with E-state index < -0.39 is 0 Å². The molecule has 2 saturated heterocycles. The van der Waals surface area contributed by atoms with Gasteiger partial charge in [-0.3, -0.25) is 0 Å². The van der Waals surface area contributed by atoms with Gasteiger partial charge in [-0.15, -0.1) is 0 Å². The van der Waals surface area contributed by atoms with Crippen LogP contribution in [0.3, 0.4) is 0 Å². The molecule has 0 bridgehead atoms. The Hall–Kier alpha value is -0.0800. The zero-order valence-electron chi connectivity index (χ0n) is 8.93. The van der Waals surface area contributed by atoms with Gasteiger partial charge < -0.3 is 10.1 Å². The largest absolute Gasteiger partial charge is 0.381 e. The summed E-state index contributed by atoms with van der Waals surface area (Å²) in [6.07, 6.45) is 8.42. The molecule has 0 aromatic rings. The molecule has 2 unspecified atom stereocenters. The van der Waals surface area contributed by atoms with Crippen LogP contribution < -0.4 is 5.32 Å². The van der Waals surface area contributed by atoms with Crippen molar-refractivity contribution in [3.8, 4) is 0 Å². The summed E-state index contributed by atoms with van der Waals surface area (Å²) in [6.45, 7) is 3.27. The average Bonchev–Trinajstić information content (AvgIpc) is 2.69. The van der Waals surface area contributed by atoms with Crippen molar-refractivity contribution >= 4 is 0 Å². The maximum Gasteiger partial charge on any atom is 0.0471 e. The van der Waals surface area contributed by atoms with E-state index in [9.17, 15) is 0 Å². The van der Waals surface area contributed by atoms with E-state index >= 15 is 0 Å². The summed E-state index contributed by atoms with van der Waals surface area (Å²) >= 11 is 0. The van der Waals surface area contributed by atoms with Gasteiger partial charge in [-0.25, -0.2) is 0 Å². The van der Waals surface area contributed by atoms with Crippen LogP contribution in [0.15, 0.2) is 0 Å². The highest BCUT2D eigenvalue weighted by Crippen LogP contribution is 2.48. The molecule has 1 N–H and O–H groups in total. The number of fused-ring (bicyclic) bond motifs is 2. The lowest BCUT2D eigenvalue weighted by atomic mass is 9.62. The molecule has 3 rings (SSSR count). The number of rotatable bonds is 0. The fourth-order valence-corrected chi connectivity index (χ4v) is 4.00. The van der Waals surface area contributed by atoms with Gasteiger partial charge in [-0.1, -0.05) is 6.42 Å². The third-order valence-corrected chi connectivity index (χ3v) is 4.75. The quantitative estimate of drug-likeness (QED) is 0.638. The number of ether oxygens (including phenoxy) is 1. The Morgan fingerprint density at radius 2 is 1.93 bits per heavy atom. The molecule has 2 nitrogen and oxygen atoms in total. The van der Waals surface area contributed by atoms with Gasteiger partial charge >= 0.3 is 0 Å². The van der Waals surface area contributed by atoms with Gasteiger partial charge in [0, 0.05) is 19.3 Å². The van der Waals surface area contributed by atoms with Gasteiger partial charge in [0.15, 0.2) is 0 Å². The lowest BCUT2D eigenvalue weighted by Crippen LogP contribution is -2.50. The van der Waals surface area contributed by atoms with Crippen LogP contribution in [0.2, 0.25) is 0 Å². The zero-order chi connectivity index (χ0) is 9.43. The summed E-state index contributed by atoms with van der Waals surface area (Å²) in [5.41, 5.74) is 0.623. The minimum Gasteiger partial charge on any atom is -0.381 e. The standard InChI is InChI=1S/C12H21NO/c1-2-10-3-7-13-11(10)12(4-1)5-8-14-9-6-12/h10-11,13H,1-9H2. The molecule has 0 amide bonds. The van der Waals surface area contributed by atoms with Crippen molar-refractivity contribution in [2.75, 3.05) is 19.8 Å². The fourth-order valence-electron chi connectivity index (χ4n) is 4.00. The summed E-state index contributed by atoms with van der Waals surface area (Å²) in [4.78, 5) is 0. The molecular formula is C12H21NO. The van der Waals surface area contributed by atoms with Gasteiger partial charge in [0.2, 0.25) is 0 Å². The molecular weight excluding hydrogens is 174 g/mol. The Bertz CT molecular complexity index is 205. The highest BCUT2D eigenvalue weighted by atomic mass is 16.5. The smallest absolute Gasteiger partial charge is 0.0471 e. The number of nitrogens with one attached hydrogen (secondary N) is 1. The molecule has 2 heterocycles. The highest BCUT2D eigenvalue weighted by molar-refractivity contribution is 5.02. The van der Waals surface area contributed by atoms with Crippen LogP contribution in [0.1, 0.15) is 38.5 Å². The van der Waals surface area contributed by atoms with Crippen LogP contribution in [-0.2, 0) is 4.74 Å². The van der Waals surface area contributed by atoms with Crippen LogP contribution in [0, 0.1) is 11.3 Å². The van der Waals surface area contributed by atoms with E-state index in [1.165, 1.54) is 45.1 Å². The molecule has 1 spiro atoms. The minimum atomic E-state index is 0.623. The Balaban J connectivity index is 1.81. The summed E-state index contributed by atoms with van der Waals surface area (Å²) in [7, 11) is 0. The van der Waals surface area contributed by atoms with E-state index in [4.69, 9.17) is 4.74 Å². The topological polar surface area (TPSA) is 21.3 Å². The maximum absolute atomic E-state index is 5.52. The molecule has 1 saturated carbocycles. The lowest BCUT2D eigenvalue weighted by Gasteiger charge is -2.48. The first-order valence-electron chi connectivity index (χ1n) is 6.22. The first-order valence-corrected chi connectivity index (χ1v) is 6.22. The zero-order valence-corrected chi connectivity index (χ0v) is 8.93. The van der Waals surface area contributed by atoms with E-state index in [0.717, 1.165) is 25.2 Å². The van der Waals surface area contributed by atoms with Gasteiger partial charge in [-0.05, 0) is 50.0 Å². The van der Waals surface area contributed by atoms with E-state index in [1.54, 1.807) is 0 Å². The minimum absolute atomic E-state index is 0.623. The van der Waals surface area contributed by atoms with Crippen molar-refractivity contribution in [2.45, 2.75) is 44.6 Å². The van der Waals surface area contributed by atoms with Crippen LogP contribution in [0.25, 0.3) is 0 Å². The Labute approximate surface area is 86.4 Å². The predicted molar refractivity (Wildman–Crippen MR) is 56.2 cm³/mol. The van der Waals surface area contributed by atoms with Crippen molar-refractivity contribution in [1.82, 2.24) is 5.32 Å². The molecule has 80 valence electrons. The second kappa shape index (κ2) is 3.49. The average molecular weight is 195 g/mol. The van der Waals surface area contributed by atoms with E-state index in [0.29, 0.717) is 5.41 Å². The summed E-state index contributed by atoms with van der Waals surface area (Å²) in [5, 5.41) is 3.76. The van der Waals surface area contributed by atoms with Gasteiger partial charge in [0.05, 0.1) is 0 Å². The second-order valence-electron chi connectivity index (χ2n) is 5.35. The molecule has 2 atom stereocenters. The fraction of sp³-hybridized carbons (Fsp3) is 1.00. The molecule has 2 aliphatic heterocycles. The maximum atomic E-state index is 5.52. The van der Waals surface area contributed by atoms with Crippen molar-refractivity contribution in [3.05, 3.63) is 0 Å². The number of hydrogen-bond acceptors (Lipinski definition) is 2. The lowest BCUT2D eigenvalue weighted by molar-refractivity contribution is -0.0310. The molecule has 1 aliphatic carbocycles. The Morgan fingerprint density at radius 1 is 1.07 bits per heavy atom. The number of hydrogen-bond donors (Lipinski definition) is 1. The summed E-state index contributed by atoms with van der Waals surface area (Å²) < 4.78 is 5.52. The van der Waals surface area contributed by atoms with Crippen molar-refractivity contribution in [1.29, 1.82) is 0 Å². The van der Waals surface area contributed by atoms with E-state index in [-0.39, 0.29) is 0 Å². The van der Waals surface area contributed by atoms with Crippen molar-refractivity contribution in [3.63, 3.8) is 0 Å². The van der Waals surface area contributed by atoms with Crippen molar-refractivity contribution < 1.29 is 4.74 Å². The summed E-state index contributed by atoms with van der Waals surface area (Å²) in [5.74, 6) is 0.988. The molecule has 0 aromatic carbocycles. The van der Waals surface area contributed by atoms with E-state index in [1.807, 2.05) is 0 Å². The molecule has 3 aliphatic rings. The molecule has 3 fully saturated rings. The third-order valence-electron chi connectivity index (χ3n) is 4.75. The Kier molecular flexibility index (Phi) is 2.29. The SMILES string of the molecule is C1CC2CCNC2C2(C1)CCOCC2. The monoisotopic (exact) mass is 195 g/mol. The Morgan fingerprint density at radius 3 is 2.79 bits per heavy atom. The van der Waals surface area contributed by atoms with Crippen LogP contribution in [-0.4, -0.2) is 25.8 Å². The molecule has 0 radical (unpaired) electrons. The normalized spacial score (nSPS) is 41.1. The second-order valence-corrected chi connectivity index (χ2v) is 5.35. The van der Waals surface area contributed by atoms with Gasteiger partial charge in [0.25, 0.3) is 0 Å². The van der Waals surface area contributed by atoms with Crippen LogP contribution in [0.4, 0.5) is 0 Å². The molecule has 2 heteroatoms. The third kappa shape index (κ3) is 1.31. The van der Waals surface area contributed by atoms with Crippen LogP contribution in [0.5, 0.6) is 0 Å². The summed E-state index contributed by atoms with van der Waals surface area (Å²) in [6, 6.07) is 0.833. The van der Waals surface area contributed by atoms with Crippen LogP contribution >= 0.6 is 0 Å². The van der Waals surface area contributed by atoms with Gasteiger partial charge in [0.1, 0.15) is 0 Å². The van der Waals surface area contributed by atoms with Gasteiger partial charge in [-0.2, -0.15) is 0 Å². The first kappa shape index (κ1) is 9.17. The predicted octanol–water partition coefficient (Wildman–Crippen LogP) is 1.95. The molecule has 0 aromatic heterocycles. The van der Waals surface area contributed by atoms with Crippen molar-refractivity contribution in [2.24, 2.45) is 11.3 Å². The first-order chi connectivity index (χ1) is 6.91.